The standard InChI is InChI=1S/C22H22O6/c1-11-2-5-13-14-6-3-12(9-16(14)19(24)15(13)8-11)4-7-17-20(25)22(27)21(26)18(10-23)28-17/h2-3,5-6,8-9,17-27H,10H2,1H3/t17-,18-,19?,20-,21-,22-/m1/s1. The molecule has 2 aromatic rings. The van der Waals surface area contributed by atoms with Gasteiger partial charge >= 0.3 is 0 Å². The molecule has 0 saturated carbocycles. The third-order valence-electron chi connectivity index (χ3n) is 5.39. The number of hydrogen-bond donors (Lipinski definition) is 5. The lowest BCUT2D eigenvalue weighted by Crippen LogP contribution is -2.58. The molecule has 0 radical (unpaired) electrons. The Hall–Kier alpha value is -2.24. The Labute approximate surface area is 162 Å². The molecule has 1 unspecified atom stereocenters. The fraction of sp³-hybridized carbons (Fsp3) is 0.364. The maximum Gasteiger partial charge on any atom is 0.147 e. The monoisotopic (exact) mass is 382 g/mol. The lowest BCUT2D eigenvalue weighted by Gasteiger charge is -2.37. The molecule has 1 fully saturated rings. The summed E-state index contributed by atoms with van der Waals surface area (Å²) in [6.07, 6.45) is -7.01. The molecule has 0 bridgehead atoms. The van der Waals surface area contributed by atoms with Crippen molar-refractivity contribution in [3.05, 3.63) is 58.7 Å². The van der Waals surface area contributed by atoms with Crippen LogP contribution in [0.3, 0.4) is 0 Å². The van der Waals surface area contributed by atoms with E-state index in [1.807, 2.05) is 37.3 Å². The van der Waals surface area contributed by atoms with Gasteiger partial charge in [0.1, 0.15) is 36.6 Å². The number of ether oxygens (including phenoxy) is 1. The summed E-state index contributed by atoms with van der Waals surface area (Å²) in [7, 11) is 0. The highest BCUT2D eigenvalue weighted by atomic mass is 16.5. The van der Waals surface area contributed by atoms with Gasteiger partial charge in [-0.1, -0.05) is 41.7 Å². The first-order valence-corrected chi connectivity index (χ1v) is 9.15. The number of aryl methyl sites for hydroxylation is 1. The zero-order chi connectivity index (χ0) is 20.0. The zero-order valence-corrected chi connectivity index (χ0v) is 15.3. The summed E-state index contributed by atoms with van der Waals surface area (Å²) in [6, 6.07) is 11.5. The minimum absolute atomic E-state index is 0.494. The predicted molar refractivity (Wildman–Crippen MR) is 101 cm³/mol. The summed E-state index contributed by atoms with van der Waals surface area (Å²) in [4.78, 5) is 0. The minimum Gasteiger partial charge on any atom is -0.394 e. The van der Waals surface area contributed by atoms with Gasteiger partial charge in [0.25, 0.3) is 0 Å². The van der Waals surface area contributed by atoms with E-state index in [-0.39, 0.29) is 0 Å². The van der Waals surface area contributed by atoms with Gasteiger partial charge < -0.3 is 30.3 Å². The van der Waals surface area contributed by atoms with Crippen LogP contribution in [0.1, 0.15) is 28.4 Å². The van der Waals surface area contributed by atoms with E-state index in [1.165, 1.54) is 0 Å². The Morgan fingerprint density at radius 2 is 1.57 bits per heavy atom. The number of aliphatic hydroxyl groups is 5. The van der Waals surface area contributed by atoms with Crippen LogP contribution in [0.5, 0.6) is 0 Å². The van der Waals surface area contributed by atoms with Gasteiger partial charge in [0, 0.05) is 5.56 Å². The first kappa shape index (κ1) is 19.1. The molecular weight excluding hydrogens is 360 g/mol. The SMILES string of the molecule is Cc1ccc2c(c1)C(O)c1cc(C#C[C@H]3O[C@H](CO)[C@@H](O)[C@H](O)[C@@H]3O)ccc1-2. The molecule has 2 aromatic carbocycles. The van der Waals surface area contributed by atoms with E-state index < -0.39 is 43.2 Å². The van der Waals surface area contributed by atoms with E-state index in [0.29, 0.717) is 5.56 Å². The topological polar surface area (TPSA) is 110 Å². The summed E-state index contributed by atoms with van der Waals surface area (Å²) < 4.78 is 5.40. The van der Waals surface area contributed by atoms with E-state index >= 15 is 0 Å². The lowest BCUT2D eigenvalue weighted by atomic mass is 9.95. The first-order valence-electron chi connectivity index (χ1n) is 9.15. The maximum absolute atomic E-state index is 10.7. The van der Waals surface area contributed by atoms with Gasteiger partial charge in [-0.05, 0) is 41.3 Å². The van der Waals surface area contributed by atoms with Crippen molar-refractivity contribution in [1.82, 2.24) is 0 Å². The molecule has 1 saturated heterocycles. The Morgan fingerprint density at radius 1 is 0.893 bits per heavy atom. The van der Waals surface area contributed by atoms with Crippen LogP contribution in [0.15, 0.2) is 36.4 Å². The Bertz CT molecular complexity index is 957. The number of aliphatic hydroxyl groups excluding tert-OH is 5. The van der Waals surface area contributed by atoms with Gasteiger partial charge in [0.05, 0.1) is 6.61 Å². The summed E-state index contributed by atoms with van der Waals surface area (Å²) in [5.74, 6) is 5.65. The number of rotatable bonds is 1. The highest BCUT2D eigenvalue weighted by Gasteiger charge is 2.42. The van der Waals surface area contributed by atoms with Gasteiger partial charge in [-0.3, -0.25) is 0 Å². The van der Waals surface area contributed by atoms with Crippen molar-refractivity contribution in [2.75, 3.05) is 6.61 Å². The second kappa shape index (κ2) is 7.30. The second-order valence-corrected chi connectivity index (χ2v) is 7.31. The Kier molecular flexibility index (Phi) is 4.98. The number of fused-ring (bicyclic) bond motifs is 3. The van der Waals surface area contributed by atoms with Crippen LogP contribution >= 0.6 is 0 Å². The van der Waals surface area contributed by atoms with E-state index in [2.05, 4.69) is 11.8 Å². The van der Waals surface area contributed by atoms with Crippen LogP contribution in [-0.2, 0) is 4.74 Å². The highest BCUT2D eigenvalue weighted by molar-refractivity contribution is 5.79. The zero-order valence-electron chi connectivity index (χ0n) is 15.3. The van der Waals surface area contributed by atoms with E-state index in [9.17, 15) is 25.5 Å². The molecule has 2 aliphatic rings. The minimum atomic E-state index is -1.45. The van der Waals surface area contributed by atoms with Gasteiger partial charge in [0.2, 0.25) is 0 Å². The summed E-state index contributed by atoms with van der Waals surface area (Å²) in [5.41, 5.74) is 5.30. The van der Waals surface area contributed by atoms with Crippen molar-refractivity contribution < 1.29 is 30.3 Å². The van der Waals surface area contributed by atoms with Crippen molar-refractivity contribution in [1.29, 1.82) is 0 Å². The molecule has 5 N–H and O–H groups in total. The molecule has 1 aliphatic carbocycles. The van der Waals surface area contributed by atoms with Crippen LogP contribution < -0.4 is 0 Å². The third-order valence-corrected chi connectivity index (χ3v) is 5.39. The molecule has 4 rings (SSSR count). The maximum atomic E-state index is 10.7. The highest BCUT2D eigenvalue weighted by Crippen LogP contribution is 2.43. The Morgan fingerprint density at radius 3 is 2.29 bits per heavy atom. The summed E-state index contributed by atoms with van der Waals surface area (Å²) >= 11 is 0. The molecule has 1 aliphatic heterocycles. The number of hydrogen-bond acceptors (Lipinski definition) is 6. The van der Waals surface area contributed by atoms with Crippen LogP contribution in [0.4, 0.5) is 0 Å². The molecule has 0 amide bonds. The van der Waals surface area contributed by atoms with Crippen LogP contribution in [-0.4, -0.2) is 62.7 Å². The average Bonchev–Trinajstić information content (AvgIpc) is 2.97. The van der Waals surface area contributed by atoms with Crippen molar-refractivity contribution in [2.45, 2.75) is 43.5 Å². The number of benzene rings is 2. The van der Waals surface area contributed by atoms with E-state index in [4.69, 9.17) is 4.74 Å². The molecule has 0 spiro atoms. The van der Waals surface area contributed by atoms with Gasteiger partial charge in [-0.15, -0.1) is 0 Å². The molecule has 6 heteroatoms. The van der Waals surface area contributed by atoms with Gasteiger partial charge in [-0.25, -0.2) is 0 Å². The van der Waals surface area contributed by atoms with E-state index in [1.54, 1.807) is 6.07 Å². The van der Waals surface area contributed by atoms with E-state index in [0.717, 1.165) is 27.8 Å². The molecule has 1 heterocycles. The molecule has 28 heavy (non-hydrogen) atoms. The summed E-state index contributed by atoms with van der Waals surface area (Å²) in [5, 5.41) is 49.7. The van der Waals surface area contributed by atoms with Crippen molar-refractivity contribution >= 4 is 0 Å². The van der Waals surface area contributed by atoms with Crippen molar-refractivity contribution in [3.63, 3.8) is 0 Å². The fourth-order valence-electron chi connectivity index (χ4n) is 3.81. The van der Waals surface area contributed by atoms with Crippen molar-refractivity contribution in [2.24, 2.45) is 0 Å². The van der Waals surface area contributed by atoms with Gasteiger partial charge in [-0.2, -0.15) is 0 Å². The predicted octanol–water partition coefficient (Wildman–Crippen LogP) is 0.251. The average molecular weight is 382 g/mol. The quantitative estimate of drug-likeness (QED) is 0.453. The fourth-order valence-corrected chi connectivity index (χ4v) is 3.81. The molecule has 146 valence electrons. The molecule has 6 nitrogen and oxygen atoms in total. The van der Waals surface area contributed by atoms with Crippen molar-refractivity contribution in [3.8, 4) is 23.0 Å². The lowest BCUT2D eigenvalue weighted by molar-refractivity contribution is -0.214. The first-order chi connectivity index (χ1) is 13.4. The third kappa shape index (κ3) is 3.12. The van der Waals surface area contributed by atoms with Crippen LogP contribution in [0.2, 0.25) is 0 Å². The van der Waals surface area contributed by atoms with Crippen LogP contribution in [0.25, 0.3) is 11.1 Å². The summed E-state index contributed by atoms with van der Waals surface area (Å²) in [6.45, 7) is 1.49. The molecular formula is C22H22O6. The van der Waals surface area contributed by atoms with Crippen LogP contribution in [0, 0.1) is 18.8 Å². The second-order valence-electron chi connectivity index (χ2n) is 7.31. The molecule has 6 atom stereocenters. The normalized spacial score (nSPS) is 30.9. The smallest absolute Gasteiger partial charge is 0.147 e. The Balaban J connectivity index is 1.61. The van der Waals surface area contributed by atoms with Gasteiger partial charge in [0.15, 0.2) is 0 Å². The largest absolute Gasteiger partial charge is 0.394 e. The molecule has 0 aromatic heterocycles.